The van der Waals surface area contributed by atoms with Crippen molar-refractivity contribution in [2.75, 3.05) is 14.2 Å². The Hall–Kier alpha value is -0.500. The van der Waals surface area contributed by atoms with E-state index in [1.165, 1.54) is 26.4 Å². The molecule has 0 aliphatic heterocycles. The summed E-state index contributed by atoms with van der Waals surface area (Å²) in [4.78, 5) is 21.2. The third kappa shape index (κ3) is 5.47. The van der Waals surface area contributed by atoms with Crippen LogP contribution in [0.2, 0.25) is 0 Å². The fourth-order valence-electron chi connectivity index (χ4n) is 1.34. The number of carbonyl (C=O) groups excluding carboxylic acids is 2. The Labute approximate surface area is 160 Å². The Morgan fingerprint density at radius 1 is 1.05 bits per heavy atom. The van der Waals surface area contributed by atoms with Gasteiger partial charge in [-0.2, -0.15) is 0 Å². The molecule has 8 heteroatoms. The molecule has 0 saturated heterocycles. The van der Waals surface area contributed by atoms with Crippen molar-refractivity contribution in [3.05, 3.63) is 29.8 Å². The quantitative estimate of drug-likeness (QED) is 0.232. The zero-order chi connectivity index (χ0) is 13.7. The molecule has 96 valence electrons. The van der Waals surface area contributed by atoms with E-state index in [-0.39, 0.29) is 76.2 Å². The smallest absolute Gasteiger partial charge is 0.872 e. The number of hydrogen-bond donors (Lipinski definition) is 0. The molecule has 0 radical (unpaired) electrons. The Kier molecular flexibility index (Phi) is 11.2. The number of rotatable bonds is 5. The van der Waals surface area contributed by atoms with Crippen molar-refractivity contribution >= 4 is 17.5 Å². The second-order valence-electron chi connectivity index (χ2n) is 3.20. The summed E-state index contributed by atoms with van der Waals surface area (Å²) in [7, 11) is 2.68. The first-order chi connectivity index (χ1) is 8.51. The van der Waals surface area contributed by atoms with Crippen LogP contribution in [0.5, 0.6) is 11.5 Å². The Morgan fingerprint density at radius 2 is 1.50 bits per heavy atom. The maximum Gasteiger partial charge on any atom is 1.00 e. The van der Waals surface area contributed by atoms with Crippen molar-refractivity contribution < 1.29 is 88.4 Å². The summed E-state index contributed by atoms with van der Waals surface area (Å²) in [6, 6.07) is 4.58. The second-order valence-corrected chi connectivity index (χ2v) is 3.20. The van der Waals surface area contributed by atoms with Gasteiger partial charge in [0, 0.05) is 0 Å². The molecule has 20 heavy (non-hydrogen) atoms. The fourth-order valence-corrected chi connectivity index (χ4v) is 1.34. The van der Waals surface area contributed by atoms with Crippen LogP contribution >= 0.6 is 0 Å². The van der Waals surface area contributed by atoms with Crippen LogP contribution in [-0.4, -0.2) is 26.0 Å². The van der Waals surface area contributed by atoms with Crippen molar-refractivity contribution in [1.29, 1.82) is 0 Å². The normalized spacial score (nSPS) is 9.80. The molecule has 0 saturated carbocycles. The third-order valence-corrected chi connectivity index (χ3v) is 2.14. The minimum absolute atomic E-state index is 0. The molecule has 0 amide bonds. The molecule has 0 aromatic heterocycles. The molecule has 1 aromatic rings. The van der Waals surface area contributed by atoms with E-state index in [2.05, 4.69) is 0 Å². The molecule has 0 N–H and O–H groups in total. The van der Waals surface area contributed by atoms with Gasteiger partial charge >= 0.3 is 59.1 Å². The molecule has 0 aliphatic carbocycles. The summed E-state index contributed by atoms with van der Waals surface area (Å²) in [6.07, 6.45) is 0.426. The SMILES string of the molecule is COc1cccc(OC)c1C([O-])=CC(=O)C(=O)[O-].[Na+].[Na+]. The van der Waals surface area contributed by atoms with Gasteiger partial charge in [0.15, 0.2) is 0 Å². The molecular formula is C12H10Na2O6. The van der Waals surface area contributed by atoms with E-state index in [1.807, 2.05) is 0 Å². The molecule has 6 nitrogen and oxygen atoms in total. The van der Waals surface area contributed by atoms with Crippen molar-refractivity contribution in [2.45, 2.75) is 0 Å². The molecule has 0 heterocycles. The first kappa shape index (κ1) is 21.8. The number of carbonyl (C=O) groups is 2. The zero-order valence-corrected chi connectivity index (χ0v) is 15.8. The van der Waals surface area contributed by atoms with E-state index in [4.69, 9.17) is 9.47 Å². The number of hydrogen-bond acceptors (Lipinski definition) is 6. The van der Waals surface area contributed by atoms with Gasteiger partial charge in [0.25, 0.3) is 0 Å². The molecular weight excluding hydrogens is 286 g/mol. The van der Waals surface area contributed by atoms with Crippen LogP contribution in [0.3, 0.4) is 0 Å². The Bertz CT molecular complexity index is 490. The minimum atomic E-state index is -1.95. The van der Waals surface area contributed by atoms with E-state index < -0.39 is 17.5 Å². The van der Waals surface area contributed by atoms with Crippen LogP contribution in [0.4, 0.5) is 0 Å². The van der Waals surface area contributed by atoms with Gasteiger partial charge < -0.3 is 24.5 Å². The van der Waals surface area contributed by atoms with Crippen LogP contribution in [0, 0.1) is 0 Å². The first-order valence-corrected chi connectivity index (χ1v) is 4.86. The van der Waals surface area contributed by atoms with Crippen molar-refractivity contribution in [2.24, 2.45) is 0 Å². The molecule has 0 bridgehead atoms. The van der Waals surface area contributed by atoms with Crippen LogP contribution < -0.4 is 78.8 Å². The minimum Gasteiger partial charge on any atom is -0.872 e. The summed E-state index contributed by atoms with van der Waals surface area (Å²) in [6.45, 7) is 0. The number of benzene rings is 1. The number of ether oxygens (including phenoxy) is 2. The predicted octanol–water partition coefficient (Wildman–Crippen LogP) is -7.27. The van der Waals surface area contributed by atoms with Crippen molar-refractivity contribution in [1.82, 2.24) is 0 Å². The van der Waals surface area contributed by atoms with Gasteiger partial charge in [-0.1, -0.05) is 11.8 Å². The third-order valence-electron chi connectivity index (χ3n) is 2.14. The largest absolute Gasteiger partial charge is 1.00 e. The van der Waals surface area contributed by atoms with Crippen LogP contribution in [-0.2, 0) is 9.59 Å². The van der Waals surface area contributed by atoms with Gasteiger partial charge in [-0.05, 0) is 18.2 Å². The number of aliphatic carboxylic acids is 1. The number of ketones is 1. The average molecular weight is 296 g/mol. The van der Waals surface area contributed by atoms with Gasteiger partial charge in [0.1, 0.15) is 17.5 Å². The van der Waals surface area contributed by atoms with Gasteiger partial charge in [0.05, 0.1) is 19.8 Å². The van der Waals surface area contributed by atoms with Crippen molar-refractivity contribution in [3.8, 4) is 11.5 Å². The molecule has 1 rings (SSSR count). The number of carboxylic acid groups (broad SMARTS) is 1. The average Bonchev–Trinajstić information content (AvgIpc) is 2.37. The first-order valence-electron chi connectivity index (χ1n) is 4.86. The van der Waals surface area contributed by atoms with Crippen LogP contribution in [0.15, 0.2) is 24.3 Å². The maximum absolute atomic E-state index is 11.8. The van der Waals surface area contributed by atoms with Crippen LogP contribution in [0.25, 0.3) is 5.76 Å². The molecule has 0 unspecified atom stereocenters. The van der Waals surface area contributed by atoms with Crippen molar-refractivity contribution in [3.63, 3.8) is 0 Å². The summed E-state index contributed by atoms with van der Waals surface area (Å²) < 4.78 is 9.91. The van der Waals surface area contributed by atoms with E-state index in [0.29, 0.717) is 6.08 Å². The van der Waals surface area contributed by atoms with Crippen LogP contribution in [0.1, 0.15) is 5.56 Å². The monoisotopic (exact) mass is 296 g/mol. The van der Waals surface area contributed by atoms with E-state index in [1.54, 1.807) is 6.07 Å². The van der Waals surface area contributed by atoms with Gasteiger partial charge in [-0.15, -0.1) is 0 Å². The van der Waals surface area contributed by atoms with Gasteiger partial charge in [-0.3, -0.25) is 4.79 Å². The van der Waals surface area contributed by atoms with E-state index in [9.17, 15) is 19.8 Å². The number of methoxy groups -OCH3 is 2. The summed E-state index contributed by atoms with van der Waals surface area (Å²) in [5.41, 5.74) is -0.0166. The van der Waals surface area contributed by atoms with E-state index >= 15 is 0 Å². The predicted molar refractivity (Wildman–Crippen MR) is 57.5 cm³/mol. The molecule has 0 atom stereocenters. The molecule has 0 fully saturated rings. The fraction of sp³-hybridized carbons (Fsp3) is 0.167. The Morgan fingerprint density at radius 3 is 1.85 bits per heavy atom. The molecule has 0 aliphatic rings. The summed E-state index contributed by atoms with van der Waals surface area (Å²) in [5, 5.41) is 22.1. The summed E-state index contributed by atoms with van der Waals surface area (Å²) >= 11 is 0. The Balaban J connectivity index is 0. The van der Waals surface area contributed by atoms with Gasteiger partial charge in [0.2, 0.25) is 5.78 Å². The van der Waals surface area contributed by atoms with E-state index in [0.717, 1.165) is 0 Å². The molecule has 1 aromatic carbocycles. The zero-order valence-electron chi connectivity index (χ0n) is 11.8. The number of carboxylic acids is 1. The summed E-state index contributed by atoms with van der Waals surface area (Å²) in [5.74, 6) is -3.81. The second kappa shape index (κ2) is 10.3. The maximum atomic E-state index is 11.8. The topological polar surface area (TPSA) is 98.7 Å². The standard InChI is InChI=1S/C12H12O6.2Na/c1-17-9-4-3-5-10(18-2)11(9)7(13)6-8(14)12(15)16;;/h3-6,13H,1-2H3,(H,15,16);;/q;2*+1/p-2. The molecule has 0 spiro atoms. The van der Waals surface area contributed by atoms with Gasteiger partial charge in [-0.25, -0.2) is 0 Å².